The summed E-state index contributed by atoms with van der Waals surface area (Å²) in [6, 6.07) is 24.6. The standard InChI is InChI=1S/C20H19F3N4O.C15H11F3N4.C9H17NO4.C8H15NO5.C3H7NO3/c1-3-18(13(2)28)27-25-19(24-26-27)17-7-5-4-6-15(17)12-14-8-10-16(11-9-14)20(21,22)23;16-15(17,18)12-7-5-10(6-8-12)9-11-3-1-2-4-13(11)14-19-21-22-20-14;1-6(11)7(12)5-10-8(13)14-9(2,3)4;1-8(2,3)14-7(13)9-4-5(10)6(11)12;4-1-2(5)3(6)7/h4-11,18H,3,12H2,1-2H3;1-8H,9H2,(H,19,20,21,22);7,12H,5H2,1-4H3,(H,10,13);5,10H,4H2,1-3H3,(H,9,13)(H,11,12);2,5H,1,4H2,(H,6,7). The number of nitrogens with zero attached hydrogens (tertiary/aromatic N) is 7. The molecule has 0 aliphatic rings. The Kier molecular flexibility index (Phi) is 28.5. The van der Waals surface area contributed by atoms with Crippen molar-refractivity contribution in [2.24, 2.45) is 5.73 Å². The first kappa shape index (κ1) is 72.4. The molecule has 24 nitrogen and oxygen atoms in total. The third-order valence-electron chi connectivity index (χ3n) is 10.7. The molecule has 0 saturated carbocycles. The van der Waals surface area contributed by atoms with Crippen LogP contribution in [0.5, 0.6) is 0 Å². The van der Waals surface area contributed by atoms with E-state index in [1.165, 1.54) is 42.9 Å². The predicted molar refractivity (Wildman–Crippen MR) is 293 cm³/mol. The number of halogens is 6. The quantitative estimate of drug-likeness (QED) is 0.0425. The fourth-order valence-corrected chi connectivity index (χ4v) is 6.52. The summed E-state index contributed by atoms with van der Waals surface area (Å²) in [7, 11) is 0. The number of alkyl carbamates (subject to hydrolysis) is 2. The number of hydrogen-bond acceptors (Lipinski definition) is 18. The van der Waals surface area contributed by atoms with Crippen LogP contribution in [0.15, 0.2) is 97.1 Å². The van der Waals surface area contributed by atoms with E-state index in [1.807, 2.05) is 55.5 Å². The number of aliphatic carboxylic acids is 2. The van der Waals surface area contributed by atoms with Crippen LogP contribution in [0.3, 0.4) is 0 Å². The number of carboxylic acid groups (broad SMARTS) is 2. The normalized spacial score (nSPS) is 12.6. The number of carbonyl (C=O) groups is 6. The average Bonchev–Trinajstić information content (AvgIpc) is 3.73. The molecule has 2 amide bonds. The molecule has 0 saturated heterocycles. The van der Waals surface area contributed by atoms with Crippen LogP contribution in [0.2, 0.25) is 0 Å². The van der Waals surface area contributed by atoms with Gasteiger partial charge < -0.3 is 51.4 Å². The zero-order chi connectivity index (χ0) is 64.5. The van der Waals surface area contributed by atoms with E-state index in [1.54, 1.807) is 41.5 Å². The molecule has 6 aromatic rings. The van der Waals surface area contributed by atoms with Gasteiger partial charge in [-0.05, 0) is 132 Å². The monoisotopic (exact) mass is 1210 g/mol. The van der Waals surface area contributed by atoms with Gasteiger partial charge in [-0.3, -0.25) is 9.59 Å². The summed E-state index contributed by atoms with van der Waals surface area (Å²) in [5, 5.41) is 72.8. The van der Waals surface area contributed by atoms with Gasteiger partial charge in [-0.2, -0.15) is 36.4 Å². The van der Waals surface area contributed by atoms with Crippen molar-refractivity contribution in [3.8, 4) is 22.8 Å². The summed E-state index contributed by atoms with van der Waals surface area (Å²) in [5.74, 6) is -2.26. The van der Waals surface area contributed by atoms with Gasteiger partial charge in [-0.25, -0.2) is 19.2 Å². The third kappa shape index (κ3) is 27.5. The number of benzene rings is 4. The number of tetrazole rings is 2. The van der Waals surface area contributed by atoms with Crippen molar-refractivity contribution in [1.29, 1.82) is 0 Å². The number of alkyl halides is 6. The Balaban J connectivity index is 0.000000387. The number of ether oxygens (including phenoxy) is 2. The molecular weight excluding hydrogens is 1140 g/mol. The zero-order valence-electron chi connectivity index (χ0n) is 47.8. The number of Topliss-reactive ketones (excluding diaryl/α,β-unsaturated/α-hetero) is 2. The second-order valence-electron chi connectivity index (χ2n) is 20.1. The molecule has 0 fully saturated rings. The highest BCUT2D eigenvalue weighted by Gasteiger charge is 2.31. The van der Waals surface area contributed by atoms with Crippen molar-refractivity contribution in [3.63, 3.8) is 0 Å². The number of nitrogens with two attached hydrogens (primary N) is 1. The number of aromatic amines is 1. The van der Waals surface area contributed by atoms with Crippen molar-refractivity contribution in [3.05, 3.63) is 130 Å². The van der Waals surface area contributed by atoms with Crippen LogP contribution in [0.4, 0.5) is 35.9 Å². The topological polar surface area (TPSA) is 370 Å². The first-order chi connectivity index (χ1) is 39.5. The summed E-state index contributed by atoms with van der Waals surface area (Å²) >= 11 is 0. The Bertz CT molecular complexity index is 3010. The van der Waals surface area contributed by atoms with Gasteiger partial charge >= 0.3 is 36.5 Å². The van der Waals surface area contributed by atoms with Crippen LogP contribution >= 0.6 is 0 Å². The first-order valence-corrected chi connectivity index (χ1v) is 25.6. The summed E-state index contributed by atoms with van der Waals surface area (Å²) in [6.45, 7) is 14.1. The Morgan fingerprint density at radius 2 is 1.01 bits per heavy atom. The number of carbonyl (C=O) groups excluding carboxylic acids is 4. The molecule has 4 atom stereocenters. The maximum atomic E-state index is 12.7. The molecule has 4 aromatic carbocycles. The largest absolute Gasteiger partial charge is 0.479 e. The number of aromatic nitrogens is 8. The first-order valence-electron chi connectivity index (χ1n) is 25.6. The second kappa shape index (κ2) is 33.5. The van der Waals surface area contributed by atoms with Crippen molar-refractivity contribution in [2.45, 2.75) is 129 Å². The molecule has 0 bridgehead atoms. The Morgan fingerprint density at radius 3 is 1.34 bits per heavy atom. The van der Waals surface area contributed by atoms with Crippen molar-refractivity contribution in [1.82, 2.24) is 51.5 Å². The number of hydrogen-bond donors (Lipinski definition) is 9. The maximum Gasteiger partial charge on any atom is 0.416 e. The predicted octanol–water partition coefficient (Wildman–Crippen LogP) is 6.77. The van der Waals surface area contributed by atoms with Gasteiger partial charge in [0.25, 0.3) is 0 Å². The lowest BCUT2D eigenvalue weighted by molar-refractivity contribution is -0.146. The molecular formula is C55H69F6N11O13. The molecule has 30 heteroatoms. The molecule has 0 radical (unpaired) electrons. The highest BCUT2D eigenvalue weighted by atomic mass is 19.4. The van der Waals surface area contributed by atoms with Gasteiger partial charge in [-0.15, -0.1) is 20.4 Å². The molecule has 0 spiro atoms. The molecule has 0 aliphatic heterocycles. The molecule has 85 heavy (non-hydrogen) atoms. The molecule has 2 aromatic heterocycles. The van der Waals surface area contributed by atoms with Gasteiger partial charge in [-0.1, -0.05) is 79.7 Å². The maximum absolute atomic E-state index is 12.7. The SMILES string of the molecule is CC(=O)C(O)CNC(=O)OC(C)(C)C.CC(C)(C)OC(=O)NCC(O)C(=O)O.CCC(C(C)=O)n1nnc(-c2ccccc2Cc2ccc(C(F)(F)F)cc2)n1.FC(F)(F)c1ccc(Cc2ccccc2-c2nn[nH]n2)cc1.NCC(O)C(=O)O. The van der Waals surface area contributed by atoms with Crippen LogP contribution in [-0.2, 0) is 53.8 Å². The number of H-pyrrole nitrogens is 1. The number of rotatable bonds is 17. The third-order valence-corrected chi connectivity index (χ3v) is 10.7. The minimum Gasteiger partial charge on any atom is -0.479 e. The summed E-state index contributed by atoms with van der Waals surface area (Å²) in [5.41, 5.74) is 7.03. The molecule has 2 heterocycles. The van der Waals surface area contributed by atoms with Crippen molar-refractivity contribution in [2.75, 3.05) is 19.6 Å². The number of carboxylic acids is 2. The molecule has 10 N–H and O–H groups in total. The van der Waals surface area contributed by atoms with Crippen molar-refractivity contribution < 1.29 is 90.1 Å². The molecule has 0 aliphatic carbocycles. The van der Waals surface area contributed by atoms with Gasteiger partial charge in [0.15, 0.2) is 23.8 Å². The fraction of sp³-hybridized carbons (Fsp3) is 0.418. The number of nitrogens with one attached hydrogen (secondary N) is 3. The van der Waals surface area contributed by atoms with E-state index in [2.05, 4.69) is 46.7 Å². The molecule has 6 rings (SSSR count). The van der Waals surface area contributed by atoms with E-state index < -0.39 is 83.2 Å². The second-order valence-corrected chi connectivity index (χ2v) is 20.1. The number of ketones is 2. The van der Waals surface area contributed by atoms with Crippen LogP contribution in [0, 0.1) is 0 Å². The number of amides is 2. The van der Waals surface area contributed by atoms with E-state index in [0.29, 0.717) is 30.9 Å². The Morgan fingerprint density at radius 1 is 0.600 bits per heavy atom. The fourth-order valence-electron chi connectivity index (χ4n) is 6.52. The minimum absolute atomic E-state index is 0.0514. The van der Waals surface area contributed by atoms with Crippen molar-refractivity contribution >= 4 is 35.7 Å². The highest BCUT2D eigenvalue weighted by Crippen LogP contribution is 2.32. The van der Waals surface area contributed by atoms with E-state index in [4.69, 9.17) is 40.7 Å². The summed E-state index contributed by atoms with van der Waals surface area (Å²) in [4.78, 5) is 65.4. The molecule has 4 unspecified atom stereocenters. The summed E-state index contributed by atoms with van der Waals surface area (Å²) < 4.78 is 85.6. The van der Waals surface area contributed by atoms with Gasteiger partial charge in [0, 0.05) is 17.7 Å². The molecule has 464 valence electrons. The average molecular weight is 1210 g/mol. The van der Waals surface area contributed by atoms with Crippen LogP contribution < -0.4 is 16.4 Å². The van der Waals surface area contributed by atoms with Crippen LogP contribution in [0.25, 0.3) is 22.8 Å². The number of aliphatic hydroxyl groups is 3. The van der Waals surface area contributed by atoms with Gasteiger partial charge in [0.1, 0.15) is 23.3 Å². The Hall–Kier alpha value is -8.74. The smallest absolute Gasteiger partial charge is 0.416 e. The van der Waals surface area contributed by atoms with E-state index in [9.17, 15) is 55.1 Å². The van der Waals surface area contributed by atoms with E-state index in [-0.39, 0.29) is 31.2 Å². The number of aliphatic hydroxyl groups excluding tert-OH is 3. The van der Waals surface area contributed by atoms with Gasteiger partial charge in [0.2, 0.25) is 11.6 Å². The lowest BCUT2D eigenvalue weighted by Crippen LogP contribution is -2.39. The zero-order valence-corrected chi connectivity index (χ0v) is 47.8. The summed E-state index contributed by atoms with van der Waals surface area (Å²) in [6.07, 6.45) is -12.8. The van der Waals surface area contributed by atoms with Crippen LogP contribution in [-0.4, -0.2) is 151 Å². The lowest BCUT2D eigenvalue weighted by atomic mass is 9.98. The van der Waals surface area contributed by atoms with E-state index in [0.717, 1.165) is 57.6 Å². The lowest BCUT2D eigenvalue weighted by Gasteiger charge is -2.20. The highest BCUT2D eigenvalue weighted by molar-refractivity contribution is 5.81. The van der Waals surface area contributed by atoms with E-state index >= 15 is 0 Å². The minimum atomic E-state index is -4.36. The Labute approximate surface area is 484 Å². The van der Waals surface area contributed by atoms with Gasteiger partial charge in [0.05, 0.1) is 24.2 Å². The van der Waals surface area contributed by atoms with Crippen LogP contribution in [0.1, 0.15) is 108 Å².